The summed E-state index contributed by atoms with van der Waals surface area (Å²) in [6.45, 7) is 3.04. The number of nitrogens with zero attached hydrogens (tertiary/aromatic N) is 5. The van der Waals surface area contributed by atoms with E-state index in [0.29, 0.717) is 10.9 Å². The molecule has 1 N–H and O–H groups in total. The van der Waals surface area contributed by atoms with Crippen molar-refractivity contribution in [3.63, 3.8) is 0 Å². The lowest BCUT2D eigenvalue weighted by molar-refractivity contribution is 0.733. The molecule has 0 saturated carbocycles. The fraction of sp³-hybridized carbons (Fsp3) is 0.500. The Labute approximate surface area is 91.4 Å². The molecule has 0 aliphatic carbocycles. The lowest BCUT2D eigenvalue weighted by Crippen LogP contribution is -2.14. The lowest BCUT2D eigenvalue weighted by Gasteiger charge is -2.09. The van der Waals surface area contributed by atoms with Gasteiger partial charge >= 0.3 is 0 Å². The van der Waals surface area contributed by atoms with E-state index in [1.807, 2.05) is 23.9 Å². The average molecular weight is 224 g/mol. The van der Waals surface area contributed by atoms with Crippen molar-refractivity contribution in [1.82, 2.24) is 25.3 Å². The van der Waals surface area contributed by atoms with Gasteiger partial charge in [0.15, 0.2) is 5.65 Å². The van der Waals surface area contributed by atoms with Crippen LogP contribution in [0.25, 0.3) is 5.65 Å². The molecule has 2 aromatic rings. The lowest BCUT2D eigenvalue weighted by atomic mass is 10.4. The van der Waals surface area contributed by atoms with Gasteiger partial charge in [0, 0.05) is 11.8 Å². The predicted octanol–water partition coefficient (Wildman–Crippen LogP) is 0.683. The Hall–Kier alpha value is -1.37. The van der Waals surface area contributed by atoms with Crippen LogP contribution in [0, 0.1) is 0 Å². The Morgan fingerprint density at radius 2 is 2.40 bits per heavy atom. The minimum atomic E-state index is 0.552. The summed E-state index contributed by atoms with van der Waals surface area (Å²) < 4.78 is 1.41. The van der Waals surface area contributed by atoms with E-state index in [4.69, 9.17) is 0 Å². The molecule has 0 aliphatic rings. The largest absolute Gasteiger partial charge is 0.367 e. The smallest absolute Gasteiger partial charge is 0.200 e. The highest BCUT2D eigenvalue weighted by Gasteiger charge is 2.02. The van der Waals surface area contributed by atoms with Crippen LogP contribution >= 0.6 is 11.8 Å². The van der Waals surface area contributed by atoms with Crippen molar-refractivity contribution in [2.75, 3.05) is 18.1 Å². The zero-order chi connectivity index (χ0) is 10.7. The number of tetrazole rings is 1. The van der Waals surface area contributed by atoms with E-state index in [0.717, 1.165) is 12.4 Å². The quantitative estimate of drug-likeness (QED) is 0.823. The van der Waals surface area contributed by atoms with E-state index in [9.17, 15) is 0 Å². The third-order valence-corrected chi connectivity index (χ3v) is 3.01. The van der Waals surface area contributed by atoms with Gasteiger partial charge in [-0.15, -0.1) is 14.8 Å². The summed E-state index contributed by atoms with van der Waals surface area (Å²) in [6.07, 6.45) is 2.09. The number of rotatable bonds is 4. The molecule has 1 atom stereocenters. The van der Waals surface area contributed by atoms with Crippen molar-refractivity contribution in [3.05, 3.63) is 12.1 Å². The molecule has 0 spiro atoms. The molecule has 0 aromatic carbocycles. The first-order valence-corrected chi connectivity index (χ1v) is 5.90. The first kappa shape index (κ1) is 10.2. The summed E-state index contributed by atoms with van der Waals surface area (Å²) >= 11 is 1.81. The van der Waals surface area contributed by atoms with Crippen LogP contribution in [0.3, 0.4) is 0 Å². The van der Waals surface area contributed by atoms with Crippen molar-refractivity contribution in [3.8, 4) is 0 Å². The highest BCUT2D eigenvalue weighted by molar-refractivity contribution is 7.99. The molecule has 0 saturated heterocycles. The summed E-state index contributed by atoms with van der Waals surface area (Å²) in [6, 6.07) is 3.71. The van der Waals surface area contributed by atoms with Gasteiger partial charge in [-0.25, -0.2) is 0 Å². The van der Waals surface area contributed by atoms with Gasteiger partial charge in [-0.3, -0.25) is 0 Å². The molecule has 2 rings (SSSR count). The van der Waals surface area contributed by atoms with Crippen molar-refractivity contribution < 1.29 is 0 Å². The maximum absolute atomic E-state index is 4.20. The maximum atomic E-state index is 4.20. The first-order valence-electron chi connectivity index (χ1n) is 4.61. The average Bonchev–Trinajstić information content (AvgIpc) is 2.72. The number of hydrogen-bond donors (Lipinski definition) is 1. The van der Waals surface area contributed by atoms with Gasteiger partial charge in [-0.2, -0.15) is 11.8 Å². The zero-order valence-electron chi connectivity index (χ0n) is 8.58. The van der Waals surface area contributed by atoms with Crippen LogP contribution in [0.1, 0.15) is 6.92 Å². The minimum Gasteiger partial charge on any atom is -0.367 e. The Morgan fingerprint density at radius 3 is 3.20 bits per heavy atom. The fourth-order valence-electron chi connectivity index (χ4n) is 1.08. The van der Waals surface area contributed by atoms with Crippen LogP contribution in [0.15, 0.2) is 12.1 Å². The number of nitrogens with one attached hydrogen (secondary N) is 1. The Bertz CT molecular complexity index is 441. The SMILES string of the molecule is CSC(C)CNc1ccc2nnnn2n1. The fourth-order valence-corrected chi connectivity index (χ4v) is 1.33. The molecule has 6 nitrogen and oxygen atoms in total. The Morgan fingerprint density at radius 1 is 1.53 bits per heavy atom. The van der Waals surface area contributed by atoms with Crippen LogP contribution in [-0.2, 0) is 0 Å². The van der Waals surface area contributed by atoms with Crippen molar-refractivity contribution in [1.29, 1.82) is 0 Å². The summed E-state index contributed by atoms with van der Waals surface area (Å²) in [5.41, 5.74) is 0.651. The molecule has 0 amide bonds. The third kappa shape index (κ3) is 2.35. The molecular weight excluding hydrogens is 212 g/mol. The number of hydrogen-bond acceptors (Lipinski definition) is 6. The van der Waals surface area contributed by atoms with Gasteiger partial charge in [-0.05, 0) is 28.8 Å². The molecule has 0 radical (unpaired) electrons. The first-order chi connectivity index (χ1) is 7.29. The molecular formula is C8H12N6S. The van der Waals surface area contributed by atoms with Gasteiger partial charge in [0.2, 0.25) is 0 Å². The number of thioether (sulfide) groups is 1. The van der Waals surface area contributed by atoms with Crippen LogP contribution in [0.5, 0.6) is 0 Å². The van der Waals surface area contributed by atoms with E-state index in [2.05, 4.69) is 39.1 Å². The number of anilines is 1. The van der Waals surface area contributed by atoms with Gasteiger partial charge < -0.3 is 5.32 Å². The Balaban J connectivity index is 2.08. The van der Waals surface area contributed by atoms with Crippen LogP contribution in [0.2, 0.25) is 0 Å². The Kier molecular flexibility index (Phi) is 3.00. The predicted molar refractivity (Wildman–Crippen MR) is 60.0 cm³/mol. The maximum Gasteiger partial charge on any atom is 0.200 e. The topological polar surface area (TPSA) is 68.0 Å². The van der Waals surface area contributed by atoms with E-state index in [1.54, 1.807) is 0 Å². The molecule has 2 heterocycles. The van der Waals surface area contributed by atoms with Crippen LogP contribution in [0.4, 0.5) is 5.82 Å². The molecule has 80 valence electrons. The molecule has 0 aliphatic heterocycles. The standard InChI is InChI=1S/C8H12N6S/c1-6(15-2)5-9-7-3-4-8-10-12-13-14(8)11-7/h3-4,6H,5H2,1-2H3,(H,9,11). The second-order valence-corrected chi connectivity index (χ2v) is 4.45. The molecule has 2 aromatic heterocycles. The monoisotopic (exact) mass is 224 g/mol. The van der Waals surface area contributed by atoms with Gasteiger partial charge in [-0.1, -0.05) is 6.92 Å². The van der Waals surface area contributed by atoms with Gasteiger partial charge in [0.1, 0.15) is 5.82 Å². The highest BCUT2D eigenvalue weighted by atomic mass is 32.2. The number of fused-ring (bicyclic) bond motifs is 1. The van der Waals surface area contributed by atoms with Gasteiger partial charge in [0.25, 0.3) is 0 Å². The van der Waals surface area contributed by atoms with E-state index in [1.165, 1.54) is 4.63 Å². The van der Waals surface area contributed by atoms with E-state index in [-0.39, 0.29) is 0 Å². The van der Waals surface area contributed by atoms with Crippen LogP contribution < -0.4 is 5.32 Å². The van der Waals surface area contributed by atoms with Crippen molar-refractivity contribution >= 4 is 23.2 Å². The highest BCUT2D eigenvalue weighted by Crippen LogP contribution is 2.07. The zero-order valence-corrected chi connectivity index (χ0v) is 9.40. The normalized spacial score (nSPS) is 12.9. The second kappa shape index (κ2) is 4.43. The number of aromatic nitrogens is 5. The molecule has 0 fully saturated rings. The summed E-state index contributed by atoms with van der Waals surface area (Å²) in [5, 5.41) is 19.0. The van der Waals surface area contributed by atoms with E-state index >= 15 is 0 Å². The minimum absolute atomic E-state index is 0.552. The van der Waals surface area contributed by atoms with Crippen molar-refractivity contribution in [2.45, 2.75) is 12.2 Å². The second-order valence-electron chi connectivity index (χ2n) is 3.17. The van der Waals surface area contributed by atoms with Crippen molar-refractivity contribution in [2.24, 2.45) is 0 Å². The molecule has 0 bridgehead atoms. The molecule has 15 heavy (non-hydrogen) atoms. The van der Waals surface area contributed by atoms with E-state index < -0.39 is 0 Å². The summed E-state index contributed by atoms with van der Waals surface area (Å²) in [5.74, 6) is 0.788. The summed E-state index contributed by atoms with van der Waals surface area (Å²) in [7, 11) is 0. The molecule has 1 unspecified atom stereocenters. The molecule has 7 heteroatoms. The van der Waals surface area contributed by atoms with Gasteiger partial charge in [0.05, 0.1) is 0 Å². The summed E-state index contributed by atoms with van der Waals surface area (Å²) in [4.78, 5) is 0. The van der Waals surface area contributed by atoms with Crippen LogP contribution in [-0.4, -0.2) is 43.3 Å². The third-order valence-electron chi connectivity index (χ3n) is 2.04.